The molecule has 0 radical (unpaired) electrons. The predicted molar refractivity (Wildman–Crippen MR) is 146 cm³/mol. The molecule has 5 rings (SSSR count). The quantitative estimate of drug-likeness (QED) is 0.305. The Morgan fingerprint density at radius 2 is 1.55 bits per heavy atom. The molecular formula is C32H52O6. The summed E-state index contributed by atoms with van der Waals surface area (Å²) in [5.41, 5.74) is -0.768. The van der Waals surface area contributed by atoms with Crippen molar-refractivity contribution in [1.29, 1.82) is 0 Å². The molecule has 0 heterocycles. The van der Waals surface area contributed by atoms with Crippen molar-refractivity contribution >= 4 is 5.97 Å². The molecule has 4 saturated carbocycles. The van der Waals surface area contributed by atoms with Crippen molar-refractivity contribution in [3.05, 3.63) is 11.6 Å². The zero-order valence-electron chi connectivity index (χ0n) is 24.9. The van der Waals surface area contributed by atoms with Crippen LogP contribution in [0.2, 0.25) is 0 Å². The van der Waals surface area contributed by atoms with Gasteiger partial charge in [-0.2, -0.15) is 0 Å². The molecule has 11 unspecified atom stereocenters. The predicted octanol–water partition coefficient (Wildman–Crippen LogP) is 4.62. The second-order valence-electron chi connectivity index (χ2n) is 15.9. The molecule has 4 fully saturated rings. The SMILES string of the molecule is CC(=O)OCC12C(O)CC3(C)C(=CCC4C5(C)CCC(O)C(C)(C)C5CCC43C)C1CC(C)(C)C(O)C2O. The van der Waals surface area contributed by atoms with E-state index in [1.807, 2.05) is 13.8 Å². The van der Waals surface area contributed by atoms with Gasteiger partial charge in [0.1, 0.15) is 6.61 Å². The van der Waals surface area contributed by atoms with Gasteiger partial charge in [0.2, 0.25) is 0 Å². The van der Waals surface area contributed by atoms with Gasteiger partial charge in [0.15, 0.2) is 0 Å². The third-order valence-corrected chi connectivity index (χ3v) is 13.7. The average Bonchev–Trinajstić information content (AvgIpc) is 2.80. The maximum Gasteiger partial charge on any atom is 0.302 e. The first kappa shape index (κ1) is 28.6. The molecule has 0 bridgehead atoms. The fraction of sp³-hybridized carbons (Fsp3) is 0.906. The smallest absolute Gasteiger partial charge is 0.302 e. The number of fused-ring (bicyclic) bond motifs is 7. The first-order valence-corrected chi connectivity index (χ1v) is 15.0. The Labute approximate surface area is 229 Å². The van der Waals surface area contributed by atoms with Crippen LogP contribution in [-0.4, -0.2) is 57.4 Å². The maximum atomic E-state index is 12.0. The zero-order valence-corrected chi connectivity index (χ0v) is 24.9. The lowest BCUT2D eigenvalue weighted by Crippen LogP contribution is -2.71. The van der Waals surface area contributed by atoms with Crippen LogP contribution in [0.15, 0.2) is 11.6 Å². The van der Waals surface area contributed by atoms with Crippen LogP contribution in [0, 0.1) is 50.2 Å². The summed E-state index contributed by atoms with van der Waals surface area (Å²) in [5.74, 6) is 0.229. The van der Waals surface area contributed by atoms with Crippen LogP contribution >= 0.6 is 0 Å². The van der Waals surface area contributed by atoms with Crippen molar-refractivity contribution in [3.63, 3.8) is 0 Å². The van der Waals surface area contributed by atoms with Gasteiger partial charge in [0.25, 0.3) is 0 Å². The van der Waals surface area contributed by atoms with Crippen LogP contribution in [-0.2, 0) is 9.53 Å². The molecule has 0 aromatic carbocycles. The molecule has 6 heteroatoms. The minimum atomic E-state index is -1.20. The lowest BCUT2D eigenvalue weighted by molar-refractivity contribution is -0.259. The first-order chi connectivity index (χ1) is 17.4. The van der Waals surface area contributed by atoms with Crippen LogP contribution < -0.4 is 0 Å². The number of ether oxygens (including phenoxy) is 1. The molecule has 38 heavy (non-hydrogen) atoms. The lowest BCUT2D eigenvalue weighted by Gasteiger charge is -2.72. The number of carbonyl (C=O) groups excluding carboxylic acids is 1. The van der Waals surface area contributed by atoms with E-state index in [1.54, 1.807) is 0 Å². The molecule has 0 aliphatic heterocycles. The highest BCUT2D eigenvalue weighted by Gasteiger charge is 2.72. The van der Waals surface area contributed by atoms with Crippen LogP contribution in [0.5, 0.6) is 0 Å². The van der Waals surface area contributed by atoms with Crippen LogP contribution in [0.3, 0.4) is 0 Å². The van der Waals surface area contributed by atoms with Crippen molar-refractivity contribution in [2.75, 3.05) is 6.61 Å². The molecule has 0 aromatic heterocycles. The van der Waals surface area contributed by atoms with E-state index in [4.69, 9.17) is 4.74 Å². The zero-order chi connectivity index (χ0) is 28.3. The van der Waals surface area contributed by atoms with Crippen molar-refractivity contribution < 1.29 is 30.0 Å². The normalized spacial score (nSPS) is 52.9. The van der Waals surface area contributed by atoms with Gasteiger partial charge in [0.05, 0.1) is 29.8 Å². The van der Waals surface area contributed by atoms with E-state index in [-0.39, 0.29) is 40.3 Å². The van der Waals surface area contributed by atoms with E-state index in [1.165, 1.54) is 12.5 Å². The van der Waals surface area contributed by atoms with Crippen LogP contribution in [0.1, 0.15) is 100 Å². The number of rotatable bonds is 2. The summed E-state index contributed by atoms with van der Waals surface area (Å²) in [5, 5.41) is 45.8. The molecule has 0 saturated heterocycles. The Balaban J connectivity index is 1.63. The Kier molecular flexibility index (Phi) is 6.42. The number of aliphatic hydroxyl groups is 4. The Morgan fingerprint density at radius 3 is 2.18 bits per heavy atom. The minimum absolute atomic E-state index is 0.0551. The van der Waals surface area contributed by atoms with Gasteiger partial charge in [-0.05, 0) is 89.8 Å². The number of aliphatic hydroxyl groups excluding tert-OH is 4. The van der Waals surface area contributed by atoms with Crippen LogP contribution in [0.4, 0.5) is 0 Å². The highest BCUT2D eigenvalue weighted by Crippen LogP contribution is 2.75. The second kappa shape index (κ2) is 8.53. The molecular weight excluding hydrogens is 480 g/mol. The summed E-state index contributed by atoms with van der Waals surface area (Å²) < 4.78 is 5.54. The molecule has 4 N–H and O–H groups in total. The monoisotopic (exact) mass is 532 g/mol. The van der Waals surface area contributed by atoms with E-state index in [2.05, 4.69) is 40.7 Å². The summed E-state index contributed by atoms with van der Waals surface area (Å²) in [6.45, 7) is 17.0. The number of carbonyl (C=O) groups is 1. The summed E-state index contributed by atoms with van der Waals surface area (Å²) in [4.78, 5) is 11.9. The van der Waals surface area contributed by atoms with Gasteiger partial charge >= 0.3 is 5.97 Å². The Bertz CT molecular complexity index is 1020. The summed E-state index contributed by atoms with van der Waals surface area (Å²) in [6.07, 6.45) is 4.97. The van der Waals surface area contributed by atoms with Crippen molar-refractivity contribution in [2.24, 2.45) is 50.2 Å². The standard InChI is InChI=1S/C32H52O6/c1-18(33)38-17-32-20(15-27(2,3)25(36)26(32)37)19-9-10-22-29(6)13-12-23(34)28(4,5)21(29)11-14-30(22,7)31(19,8)16-24(32)35/h9,20-26,34-37H,10-17H2,1-8H3. The number of hydrogen-bond acceptors (Lipinski definition) is 6. The highest BCUT2D eigenvalue weighted by atomic mass is 16.5. The second-order valence-corrected chi connectivity index (χ2v) is 15.9. The van der Waals surface area contributed by atoms with Gasteiger partial charge < -0.3 is 25.2 Å². The summed E-state index contributed by atoms with van der Waals surface area (Å²) >= 11 is 0. The summed E-state index contributed by atoms with van der Waals surface area (Å²) in [6, 6.07) is 0. The van der Waals surface area contributed by atoms with E-state index >= 15 is 0 Å². The largest absolute Gasteiger partial charge is 0.465 e. The minimum Gasteiger partial charge on any atom is -0.465 e. The molecule has 0 aromatic rings. The van der Waals surface area contributed by atoms with Gasteiger partial charge in [0, 0.05) is 6.92 Å². The van der Waals surface area contributed by atoms with Gasteiger partial charge in [-0.15, -0.1) is 0 Å². The highest BCUT2D eigenvalue weighted by molar-refractivity contribution is 5.66. The Hall–Kier alpha value is -0.950. The molecule has 11 atom stereocenters. The third-order valence-electron chi connectivity index (χ3n) is 13.7. The van der Waals surface area contributed by atoms with Gasteiger partial charge in [-0.1, -0.05) is 60.1 Å². The van der Waals surface area contributed by atoms with Gasteiger partial charge in [-0.3, -0.25) is 4.79 Å². The maximum absolute atomic E-state index is 12.0. The molecule has 5 aliphatic carbocycles. The molecule has 5 aliphatic rings. The molecule has 216 valence electrons. The Morgan fingerprint density at radius 1 is 0.895 bits per heavy atom. The molecule has 0 spiro atoms. The van der Waals surface area contributed by atoms with Gasteiger partial charge in [-0.25, -0.2) is 0 Å². The van der Waals surface area contributed by atoms with E-state index in [0.29, 0.717) is 24.7 Å². The lowest BCUT2D eigenvalue weighted by atomic mass is 9.33. The average molecular weight is 533 g/mol. The number of hydrogen-bond donors (Lipinski definition) is 4. The number of esters is 1. The number of allylic oxidation sites excluding steroid dienone is 2. The van der Waals surface area contributed by atoms with E-state index in [9.17, 15) is 25.2 Å². The summed E-state index contributed by atoms with van der Waals surface area (Å²) in [7, 11) is 0. The van der Waals surface area contributed by atoms with Crippen molar-refractivity contribution in [1.82, 2.24) is 0 Å². The molecule has 0 amide bonds. The molecule has 6 nitrogen and oxygen atoms in total. The fourth-order valence-electron chi connectivity index (χ4n) is 11.1. The van der Waals surface area contributed by atoms with Crippen LogP contribution in [0.25, 0.3) is 0 Å². The van der Waals surface area contributed by atoms with Crippen molar-refractivity contribution in [3.8, 4) is 0 Å². The van der Waals surface area contributed by atoms with E-state index < -0.39 is 35.1 Å². The van der Waals surface area contributed by atoms with Crippen molar-refractivity contribution in [2.45, 2.75) is 125 Å². The first-order valence-electron chi connectivity index (χ1n) is 15.0. The topological polar surface area (TPSA) is 107 Å². The third kappa shape index (κ3) is 3.42. The fourth-order valence-corrected chi connectivity index (χ4v) is 11.1. The van der Waals surface area contributed by atoms with E-state index in [0.717, 1.165) is 32.1 Å².